The lowest BCUT2D eigenvalue weighted by molar-refractivity contribution is -0.138. The van der Waals surface area contributed by atoms with Crippen molar-refractivity contribution in [3.05, 3.63) is 29.8 Å². The largest absolute Gasteiger partial charge is 0.390 e. The van der Waals surface area contributed by atoms with Gasteiger partial charge in [0.1, 0.15) is 0 Å². The van der Waals surface area contributed by atoms with Crippen LogP contribution in [-0.2, 0) is 0 Å². The summed E-state index contributed by atoms with van der Waals surface area (Å²) in [5, 5.41) is 0. The zero-order valence-electron chi connectivity index (χ0n) is 7.25. The van der Waals surface area contributed by atoms with E-state index < -0.39 is 18.6 Å². The molecule has 78 valence electrons. The third kappa shape index (κ3) is 3.59. The van der Waals surface area contributed by atoms with Gasteiger partial charge in [0.25, 0.3) is 0 Å². The van der Waals surface area contributed by atoms with Crippen molar-refractivity contribution in [1.82, 2.24) is 0 Å². The number of rotatable bonds is 2. The van der Waals surface area contributed by atoms with Crippen LogP contribution in [0.1, 0.15) is 18.0 Å². The standard InChI is InChI=1S/C9H10F3NS/c10-9(11,12)5-8(13)6-2-1-3-7(14)4-6/h1-4,8,14H,5,13H2/t8-/m1/s1. The quantitative estimate of drug-likeness (QED) is 0.738. The predicted molar refractivity (Wildman–Crippen MR) is 51.3 cm³/mol. The molecular weight excluding hydrogens is 211 g/mol. The van der Waals surface area contributed by atoms with Gasteiger partial charge in [0.15, 0.2) is 0 Å². The van der Waals surface area contributed by atoms with Gasteiger partial charge in [-0.1, -0.05) is 12.1 Å². The zero-order valence-corrected chi connectivity index (χ0v) is 8.15. The molecule has 0 saturated carbocycles. The van der Waals surface area contributed by atoms with Gasteiger partial charge in [-0.2, -0.15) is 13.2 Å². The molecule has 0 aliphatic carbocycles. The molecule has 0 aliphatic heterocycles. The lowest BCUT2D eigenvalue weighted by Gasteiger charge is -2.14. The molecule has 0 spiro atoms. The van der Waals surface area contributed by atoms with Crippen molar-refractivity contribution in [1.29, 1.82) is 0 Å². The Morgan fingerprint density at radius 3 is 2.50 bits per heavy atom. The Hall–Kier alpha value is -0.680. The van der Waals surface area contributed by atoms with Crippen LogP contribution in [0.4, 0.5) is 13.2 Å². The van der Waals surface area contributed by atoms with Gasteiger partial charge in [0.2, 0.25) is 0 Å². The maximum Gasteiger partial charge on any atom is 0.390 e. The molecule has 14 heavy (non-hydrogen) atoms. The highest BCUT2D eigenvalue weighted by Crippen LogP contribution is 2.28. The average molecular weight is 221 g/mol. The van der Waals surface area contributed by atoms with Crippen LogP contribution in [0.25, 0.3) is 0 Å². The number of alkyl halides is 3. The van der Waals surface area contributed by atoms with Gasteiger partial charge in [0.05, 0.1) is 6.42 Å². The number of benzene rings is 1. The lowest BCUT2D eigenvalue weighted by Crippen LogP contribution is -2.20. The molecule has 1 nitrogen and oxygen atoms in total. The molecule has 0 amide bonds. The second kappa shape index (κ2) is 4.23. The molecule has 1 atom stereocenters. The average Bonchev–Trinajstić information content (AvgIpc) is 2.01. The predicted octanol–water partition coefficient (Wildman–Crippen LogP) is 2.93. The van der Waals surface area contributed by atoms with E-state index in [2.05, 4.69) is 12.6 Å². The van der Waals surface area contributed by atoms with Crippen molar-refractivity contribution in [2.45, 2.75) is 23.5 Å². The van der Waals surface area contributed by atoms with Crippen molar-refractivity contribution < 1.29 is 13.2 Å². The van der Waals surface area contributed by atoms with Crippen molar-refractivity contribution in [3.8, 4) is 0 Å². The van der Waals surface area contributed by atoms with Crippen molar-refractivity contribution >= 4 is 12.6 Å². The highest BCUT2D eigenvalue weighted by Gasteiger charge is 2.30. The van der Waals surface area contributed by atoms with Crippen LogP contribution in [-0.4, -0.2) is 6.18 Å². The summed E-state index contributed by atoms with van der Waals surface area (Å²) in [5.41, 5.74) is 5.85. The van der Waals surface area contributed by atoms with Crippen molar-refractivity contribution in [2.24, 2.45) is 5.73 Å². The van der Waals surface area contributed by atoms with E-state index in [0.29, 0.717) is 10.5 Å². The van der Waals surface area contributed by atoms with Gasteiger partial charge < -0.3 is 5.73 Å². The highest BCUT2D eigenvalue weighted by atomic mass is 32.1. The molecular formula is C9H10F3NS. The first kappa shape index (κ1) is 11.4. The Kier molecular flexibility index (Phi) is 3.44. The number of hydrogen-bond donors (Lipinski definition) is 2. The van der Waals surface area contributed by atoms with E-state index in [1.54, 1.807) is 24.3 Å². The van der Waals surface area contributed by atoms with Crippen molar-refractivity contribution in [3.63, 3.8) is 0 Å². The van der Waals surface area contributed by atoms with E-state index in [4.69, 9.17) is 5.73 Å². The van der Waals surface area contributed by atoms with Crippen LogP contribution in [0, 0.1) is 0 Å². The normalized spacial score (nSPS) is 14.1. The maximum atomic E-state index is 12.0. The van der Waals surface area contributed by atoms with Crippen molar-refractivity contribution in [2.75, 3.05) is 0 Å². The fourth-order valence-corrected chi connectivity index (χ4v) is 1.36. The van der Waals surface area contributed by atoms with Gasteiger partial charge >= 0.3 is 6.18 Å². The summed E-state index contributed by atoms with van der Waals surface area (Å²) in [6.45, 7) is 0. The lowest BCUT2D eigenvalue weighted by atomic mass is 10.0. The minimum atomic E-state index is -4.23. The van der Waals surface area contributed by atoms with E-state index in [1.807, 2.05) is 0 Å². The molecule has 0 aliphatic rings. The fraction of sp³-hybridized carbons (Fsp3) is 0.333. The van der Waals surface area contributed by atoms with E-state index in [-0.39, 0.29) is 0 Å². The maximum absolute atomic E-state index is 12.0. The number of thiol groups is 1. The zero-order chi connectivity index (χ0) is 10.8. The molecule has 1 aromatic carbocycles. The summed E-state index contributed by atoms with van der Waals surface area (Å²) < 4.78 is 36.0. The Bertz CT molecular complexity index is 311. The first-order chi connectivity index (χ1) is 6.38. The van der Waals surface area contributed by atoms with E-state index in [9.17, 15) is 13.2 Å². The number of nitrogens with two attached hydrogens (primary N) is 1. The summed E-state index contributed by atoms with van der Waals surface area (Å²) in [6, 6.07) is 5.42. The van der Waals surface area contributed by atoms with Gasteiger partial charge in [-0.25, -0.2) is 0 Å². The van der Waals surface area contributed by atoms with Crippen LogP contribution >= 0.6 is 12.6 Å². The first-order valence-electron chi connectivity index (χ1n) is 4.00. The SMILES string of the molecule is N[C@H](CC(F)(F)F)c1cccc(S)c1. The Balaban J connectivity index is 2.74. The van der Waals surface area contributed by atoms with E-state index in [1.165, 1.54) is 0 Å². The summed E-state index contributed by atoms with van der Waals surface area (Å²) >= 11 is 4.02. The molecule has 0 radical (unpaired) electrons. The van der Waals surface area contributed by atoms with Crippen LogP contribution in [0.2, 0.25) is 0 Å². The molecule has 0 aromatic heterocycles. The third-order valence-electron chi connectivity index (χ3n) is 1.75. The van der Waals surface area contributed by atoms with Gasteiger partial charge in [0, 0.05) is 10.9 Å². The minimum Gasteiger partial charge on any atom is -0.324 e. The molecule has 0 heterocycles. The Morgan fingerprint density at radius 2 is 2.00 bits per heavy atom. The molecule has 0 bridgehead atoms. The Labute approximate surface area is 85.5 Å². The fourth-order valence-electron chi connectivity index (χ4n) is 1.12. The van der Waals surface area contributed by atoms with E-state index in [0.717, 1.165) is 0 Å². The molecule has 0 saturated heterocycles. The number of hydrogen-bond acceptors (Lipinski definition) is 2. The molecule has 1 rings (SSSR count). The van der Waals surface area contributed by atoms with Crippen LogP contribution in [0.15, 0.2) is 29.2 Å². The Morgan fingerprint density at radius 1 is 1.36 bits per heavy atom. The number of halogens is 3. The smallest absolute Gasteiger partial charge is 0.324 e. The molecule has 2 N–H and O–H groups in total. The summed E-state index contributed by atoms with van der Waals surface area (Å²) in [7, 11) is 0. The van der Waals surface area contributed by atoms with Gasteiger partial charge in [-0.3, -0.25) is 0 Å². The summed E-state index contributed by atoms with van der Waals surface area (Å²) in [6.07, 6.45) is -5.24. The van der Waals surface area contributed by atoms with Crippen LogP contribution in [0.3, 0.4) is 0 Å². The highest BCUT2D eigenvalue weighted by molar-refractivity contribution is 7.80. The third-order valence-corrected chi connectivity index (χ3v) is 2.03. The minimum absolute atomic E-state index is 0.454. The van der Waals surface area contributed by atoms with Crippen LogP contribution in [0.5, 0.6) is 0 Å². The molecule has 1 aromatic rings. The monoisotopic (exact) mass is 221 g/mol. The summed E-state index contributed by atoms with van der Waals surface area (Å²) in [5.74, 6) is 0. The summed E-state index contributed by atoms with van der Waals surface area (Å²) in [4.78, 5) is 0.611. The first-order valence-corrected chi connectivity index (χ1v) is 4.44. The molecule has 0 unspecified atom stereocenters. The van der Waals surface area contributed by atoms with Crippen LogP contribution < -0.4 is 5.73 Å². The molecule has 5 heteroatoms. The molecule has 0 fully saturated rings. The van der Waals surface area contributed by atoms with E-state index >= 15 is 0 Å². The van der Waals surface area contributed by atoms with Gasteiger partial charge in [-0.05, 0) is 17.7 Å². The topological polar surface area (TPSA) is 26.0 Å². The second-order valence-electron chi connectivity index (χ2n) is 3.02. The second-order valence-corrected chi connectivity index (χ2v) is 3.54. The van der Waals surface area contributed by atoms with Gasteiger partial charge in [-0.15, -0.1) is 12.6 Å².